The van der Waals surface area contributed by atoms with Gasteiger partial charge in [0.05, 0.1) is 11.4 Å². The van der Waals surface area contributed by atoms with E-state index in [-0.39, 0.29) is 11.7 Å². The first-order chi connectivity index (χ1) is 13.9. The smallest absolute Gasteiger partial charge is 0.230 e. The van der Waals surface area contributed by atoms with Crippen LogP contribution < -0.4 is 5.32 Å². The molecule has 1 amide bonds. The number of carbonyl (C=O) groups excluding carboxylic acids is 1. The van der Waals surface area contributed by atoms with E-state index < -0.39 is 0 Å². The van der Waals surface area contributed by atoms with Crippen molar-refractivity contribution >= 4 is 17.7 Å². The molecule has 1 N–H and O–H groups in total. The normalized spacial score (nSPS) is 11.1. The van der Waals surface area contributed by atoms with Crippen LogP contribution in [0.1, 0.15) is 42.0 Å². The van der Waals surface area contributed by atoms with Crippen LogP contribution in [0.5, 0.6) is 0 Å². The third-order valence-electron chi connectivity index (χ3n) is 4.74. The standard InChI is InChI=1S/C22H27N5OS/c1-15(2)19-8-6-18(7-9-19)11-12-23-21(28)14-29-22-24-25-26-27(22)20-10-5-16(3)13-17(20)4/h5-10,13,15H,11-12,14H2,1-4H3,(H,23,28). The fraction of sp³-hybridized carbons (Fsp3) is 0.364. The molecular formula is C22H27N5OS. The molecule has 7 heteroatoms. The maximum atomic E-state index is 12.2. The number of nitrogens with zero attached hydrogens (tertiary/aromatic N) is 4. The van der Waals surface area contributed by atoms with Crippen LogP contribution in [0.3, 0.4) is 0 Å². The number of aryl methyl sites for hydroxylation is 2. The zero-order valence-corrected chi connectivity index (χ0v) is 18.2. The van der Waals surface area contributed by atoms with Gasteiger partial charge in [0.2, 0.25) is 11.1 Å². The van der Waals surface area contributed by atoms with E-state index in [9.17, 15) is 4.79 Å². The molecule has 0 saturated carbocycles. The van der Waals surface area contributed by atoms with Crippen molar-refractivity contribution in [3.8, 4) is 5.69 Å². The van der Waals surface area contributed by atoms with Crippen LogP contribution in [0.15, 0.2) is 47.6 Å². The lowest BCUT2D eigenvalue weighted by Gasteiger charge is -2.09. The van der Waals surface area contributed by atoms with Crippen molar-refractivity contribution in [3.05, 3.63) is 64.7 Å². The maximum Gasteiger partial charge on any atom is 0.230 e. The van der Waals surface area contributed by atoms with Crippen LogP contribution in [-0.2, 0) is 11.2 Å². The van der Waals surface area contributed by atoms with Crippen molar-refractivity contribution in [2.45, 2.75) is 45.2 Å². The summed E-state index contributed by atoms with van der Waals surface area (Å²) < 4.78 is 1.68. The summed E-state index contributed by atoms with van der Waals surface area (Å²) >= 11 is 1.34. The lowest BCUT2D eigenvalue weighted by atomic mass is 10.0. The number of nitrogens with one attached hydrogen (secondary N) is 1. The summed E-state index contributed by atoms with van der Waals surface area (Å²) in [6, 6.07) is 14.7. The van der Waals surface area contributed by atoms with Crippen molar-refractivity contribution in [2.75, 3.05) is 12.3 Å². The second kappa shape index (κ2) is 9.69. The molecule has 0 unspecified atom stereocenters. The van der Waals surface area contributed by atoms with Gasteiger partial charge in [-0.25, -0.2) is 0 Å². The van der Waals surface area contributed by atoms with Gasteiger partial charge in [0.1, 0.15) is 0 Å². The number of carbonyl (C=O) groups is 1. The average molecular weight is 410 g/mol. The molecule has 0 atom stereocenters. The number of thioether (sulfide) groups is 1. The third kappa shape index (κ3) is 5.67. The summed E-state index contributed by atoms with van der Waals surface area (Å²) in [6.45, 7) is 9.06. The summed E-state index contributed by atoms with van der Waals surface area (Å²) in [7, 11) is 0. The Hall–Kier alpha value is -2.67. The lowest BCUT2D eigenvalue weighted by molar-refractivity contribution is -0.118. The molecule has 0 aliphatic heterocycles. The van der Waals surface area contributed by atoms with E-state index >= 15 is 0 Å². The number of aromatic nitrogens is 4. The first kappa shape index (κ1) is 21.0. The molecule has 0 aliphatic rings. The minimum absolute atomic E-state index is 0.0241. The first-order valence-electron chi connectivity index (χ1n) is 9.78. The van der Waals surface area contributed by atoms with Gasteiger partial charge < -0.3 is 5.32 Å². The zero-order valence-electron chi connectivity index (χ0n) is 17.3. The highest BCUT2D eigenvalue weighted by Crippen LogP contribution is 2.21. The van der Waals surface area contributed by atoms with Crippen LogP contribution in [0.2, 0.25) is 0 Å². The van der Waals surface area contributed by atoms with Gasteiger partial charge in [0.25, 0.3) is 0 Å². The molecule has 29 heavy (non-hydrogen) atoms. The molecule has 152 valence electrons. The largest absolute Gasteiger partial charge is 0.355 e. The molecule has 0 aliphatic carbocycles. The van der Waals surface area contributed by atoms with Crippen LogP contribution in [0, 0.1) is 13.8 Å². The molecule has 0 spiro atoms. The SMILES string of the molecule is Cc1ccc(-n2nnnc2SCC(=O)NCCc2ccc(C(C)C)cc2)c(C)c1. The Labute approximate surface area is 176 Å². The summed E-state index contributed by atoms with van der Waals surface area (Å²) in [5.74, 6) is 0.780. The number of amides is 1. The predicted molar refractivity (Wildman–Crippen MR) is 117 cm³/mol. The molecule has 3 rings (SSSR count). The van der Waals surface area contributed by atoms with Gasteiger partial charge in [0.15, 0.2) is 0 Å². The highest BCUT2D eigenvalue weighted by molar-refractivity contribution is 7.99. The maximum absolute atomic E-state index is 12.2. The fourth-order valence-electron chi connectivity index (χ4n) is 3.06. The highest BCUT2D eigenvalue weighted by atomic mass is 32.2. The van der Waals surface area contributed by atoms with E-state index in [2.05, 4.69) is 71.9 Å². The number of benzene rings is 2. The summed E-state index contributed by atoms with van der Waals surface area (Å²) in [4.78, 5) is 12.2. The third-order valence-corrected chi connectivity index (χ3v) is 5.66. The second-order valence-electron chi connectivity index (χ2n) is 7.45. The van der Waals surface area contributed by atoms with E-state index in [0.29, 0.717) is 17.6 Å². The first-order valence-corrected chi connectivity index (χ1v) is 10.8. The van der Waals surface area contributed by atoms with Gasteiger partial charge >= 0.3 is 0 Å². The molecule has 6 nitrogen and oxygen atoms in total. The average Bonchev–Trinajstić information content (AvgIpc) is 3.15. The van der Waals surface area contributed by atoms with Crippen LogP contribution in [0.4, 0.5) is 0 Å². The Bertz CT molecular complexity index is 966. The van der Waals surface area contributed by atoms with Crippen molar-refractivity contribution in [2.24, 2.45) is 0 Å². The van der Waals surface area contributed by atoms with E-state index in [1.165, 1.54) is 28.5 Å². The quantitative estimate of drug-likeness (QED) is 0.572. The molecule has 1 heterocycles. The van der Waals surface area contributed by atoms with Crippen molar-refractivity contribution in [1.82, 2.24) is 25.5 Å². The molecule has 0 fully saturated rings. The fourth-order valence-corrected chi connectivity index (χ4v) is 3.77. The Morgan fingerprint density at radius 1 is 1.14 bits per heavy atom. The van der Waals surface area contributed by atoms with Gasteiger partial charge in [-0.15, -0.1) is 5.10 Å². The van der Waals surface area contributed by atoms with Crippen molar-refractivity contribution in [3.63, 3.8) is 0 Å². The van der Waals surface area contributed by atoms with Crippen LogP contribution in [-0.4, -0.2) is 38.4 Å². The predicted octanol–water partition coefficient (Wildman–Crippen LogP) is 3.85. The van der Waals surface area contributed by atoms with Gasteiger partial charge in [-0.2, -0.15) is 4.68 Å². The summed E-state index contributed by atoms with van der Waals surface area (Å²) in [6.07, 6.45) is 0.815. The lowest BCUT2D eigenvalue weighted by Crippen LogP contribution is -2.27. The molecule has 1 aromatic heterocycles. The monoisotopic (exact) mass is 409 g/mol. The Morgan fingerprint density at radius 2 is 1.90 bits per heavy atom. The van der Waals surface area contributed by atoms with Crippen molar-refractivity contribution in [1.29, 1.82) is 0 Å². The highest BCUT2D eigenvalue weighted by Gasteiger charge is 2.13. The topological polar surface area (TPSA) is 72.7 Å². The van der Waals surface area contributed by atoms with Gasteiger partial charge in [-0.3, -0.25) is 4.79 Å². The van der Waals surface area contributed by atoms with E-state index in [1.807, 2.05) is 19.1 Å². The molecular weight excluding hydrogens is 382 g/mol. The van der Waals surface area contributed by atoms with Crippen LogP contribution >= 0.6 is 11.8 Å². The van der Waals surface area contributed by atoms with E-state index in [1.54, 1.807) is 4.68 Å². The number of rotatable bonds is 8. The number of hydrogen-bond acceptors (Lipinski definition) is 5. The minimum atomic E-state index is -0.0241. The summed E-state index contributed by atoms with van der Waals surface area (Å²) in [5, 5.41) is 15.5. The van der Waals surface area contributed by atoms with E-state index in [0.717, 1.165) is 17.7 Å². The molecule has 0 radical (unpaired) electrons. The Morgan fingerprint density at radius 3 is 2.59 bits per heavy atom. The van der Waals surface area contributed by atoms with Crippen molar-refractivity contribution < 1.29 is 4.79 Å². The van der Waals surface area contributed by atoms with Gasteiger partial charge in [0, 0.05) is 6.54 Å². The number of hydrogen-bond donors (Lipinski definition) is 1. The Kier molecular flexibility index (Phi) is 7.04. The number of tetrazole rings is 1. The molecule has 0 saturated heterocycles. The summed E-state index contributed by atoms with van der Waals surface area (Å²) in [5.41, 5.74) is 5.75. The van der Waals surface area contributed by atoms with Crippen LogP contribution in [0.25, 0.3) is 5.69 Å². The molecule has 0 bridgehead atoms. The second-order valence-corrected chi connectivity index (χ2v) is 8.39. The van der Waals surface area contributed by atoms with Gasteiger partial charge in [-0.1, -0.05) is 67.6 Å². The Balaban J connectivity index is 1.49. The molecule has 3 aromatic rings. The van der Waals surface area contributed by atoms with Gasteiger partial charge in [-0.05, 0) is 59.4 Å². The molecule has 2 aromatic carbocycles. The minimum Gasteiger partial charge on any atom is -0.355 e. The van der Waals surface area contributed by atoms with E-state index in [4.69, 9.17) is 0 Å². The zero-order chi connectivity index (χ0) is 20.8.